The van der Waals surface area contributed by atoms with Gasteiger partial charge in [0.1, 0.15) is 5.75 Å². The van der Waals surface area contributed by atoms with Crippen LogP contribution < -0.4 is 4.74 Å². The second-order valence-corrected chi connectivity index (χ2v) is 8.42. The maximum absolute atomic E-state index is 12.1. The Labute approximate surface area is 141 Å². The SMILES string of the molecule is O=C(COc1ccc(Cl)cc1)N1CCN(S(=O)(=O)C2CC2)CC1. The van der Waals surface area contributed by atoms with Crippen molar-refractivity contribution in [3.63, 3.8) is 0 Å². The van der Waals surface area contributed by atoms with Crippen molar-refractivity contribution in [2.45, 2.75) is 18.1 Å². The molecule has 0 spiro atoms. The molecule has 1 amide bonds. The van der Waals surface area contributed by atoms with Crippen LogP contribution in [0.5, 0.6) is 5.75 Å². The Balaban J connectivity index is 1.47. The van der Waals surface area contributed by atoms with E-state index in [-0.39, 0.29) is 17.8 Å². The van der Waals surface area contributed by atoms with Crippen LogP contribution in [0.2, 0.25) is 5.02 Å². The van der Waals surface area contributed by atoms with Crippen molar-refractivity contribution in [3.05, 3.63) is 29.3 Å². The van der Waals surface area contributed by atoms with Crippen LogP contribution in [0, 0.1) is 0 Å². The molecule has 6 nitrogen and oxygen atoms in total. The molecule has 0 unspecified atom stereocenters. The van der Waals surface area contributed by atoms with Gasteiger partial charge in [0.05, 0.1) is 5.25 Å². The third-order valence-electron chi connectivity index (χ3n) is 4.07. The number of hydrogen-bond donors (Lipinski definition) is 0. The summed E-state index contributed by atoms with van der Waals surface area (Å²) in [6, 6.07) is 6.80. The normalized spacial score (nSPS) is 19.6. The predicted molar refractivity (Wildman–Crippen MR) is 87.0 cm³/mol. The first-order valence-electron chi connectivity index (χ1n) is 7.62. The highest BCUT2D eigenvalue weighted by molar-refractivity contribution is 7.90. The summed E-state index contributed by atoms with van der Waals surface area (Å²) in [7, 11) is -3.15. The highest BCUT2D eigenvalue weighted by Gasteiger charge is 2.41. The number of carbonyl (C=O) groups is 1. The van der Waals surface area contributed by atoms with Gasteiger partial charge >= 0.3 is 0 Å². The van der Waals surface area contributed by atoms with E-state index >= 15 is 0 Å². The minimum Gasteiger partial charge on any atom is -0.484 e. The summed E-state index contributed by atoms with van der Waals surface area (Å²) in [4.78, 5) is 13.8. The zero-order valence-electron chi connectivity index (χ0n) is 12.7. The second kappa shape index (κ2) is 6.67. The molecule has 1 saturated heterocycles. The third kappa shape index (κ3) is 3.97. The molecule has 0 radical (unpaired) electrons. The fraction of sp³-hybridized carbons (Fsp3) is 0.533. The molecule has 1 heterocycles. The van der Waals surface area contributed by atoms with Crippen molar-refractivity contribution in [2.75, 3.05) is 32.8 Å². The molecular formula is C15H19ClN2O4S. The van der Waals surface area contributed by atoms with Gasteiger partial charge in [-0.15, -0.1) is 0 Å². The number of hydrogen-bond acceptors (Lipinski definition) is 4. The Bertz CT molecular complexity index is 665. The number of halogens is 1. The van der Waals surface area contributed by atoms with Crippen LogP contribution in [0.25, 0.3) is 0 Å². The van der Waals surface area contributed by atoms with E-state index in [1.165, 1.54) is 4.31 Å². The standard InChI is InChI=1S/C15H19ClN2O4S/c16-12-1-3-13(4-2-12)22-11-15(19)17-7-9-18(10-8-17)23(20,21)14-5-6-14/h1-4,14H,5-11H2. The summed E-state index contributed by atoms with van der Waals surface area (Å²) in [6.45, 7) is 1.50. The zero-order valence-corrected chi connectivity index (χ0v) is 14.2. The highest BCUT2D eigenvalue weighted by Crippen LogP contribution is 2.31. The van der Waals surface area contributed by atoms with Gasteiger partial charge in [0, 0.05) is 31.2 Å². The lowest BCUT2D eigenvalue weighted by atomic mass is 10.3. The maximum atomic E-state index is 12.1. The summed E-state index contributed by atoms with van der Waals surface area (Å²) in [5.74, 6) is 0.445. The molecule has 2 aliphatic rings. The van der Waals surface area contributed by atoms with Crippen LogP contribution in [-0.4, -0.2) is 61.6 Å². The molecule has 0 atom stereocenters. The lowest BCUT2D eigenvalue weighted by Crippen LogP contribution is -2.52. The quantitative estimate of drug-likeness (QED) is 0.797. The summed E-state index contributed by atoms with van der Waals surface area (Å²) < 4.78 is 31.2. The van der Waals surface area contributed by atoms with E-state index < -0.39 is 10.0 Å². The molecule has 0 bridgehead atoms. The summed E-state index contributed by atoms with van der Waals surface area (Å²) >= 11 is 5.79. The van der Waals surface area contributed by atoms with Gasteiger partial charge < -0.3 is 9.64 Å². The molecule has 1 aliphatic heterocycles. The van der Waals surface area contributed by atoms with Gasteiger partial charge in [-0.1, -0.05) is 11.6 Å². The molecule has 1 aromatic carbocycles. The Morgan fingerprint density at radius 1 is 1.13 bits per heavy atom. The van der Waals surface area contributed by atoms with Crippen LogP contribution >= 0.6 is 11.6 Å². The molecule has 0 aromatic heterocycles. The molecule has 3 rings (SSSR count). The average Bonchev–Trinajstić information content (AvgIpc) is 3.39. The molecule has 1 saturated carbocycles. The van der Waals surface area contributed by atoms with Crippen LogP contribution in [-0.2, 0) is 14.8 Å². The van der Waals surface area contributed by atoms with Crippen molar-refractivity contribution in [3.8, 4) is 5.75 Å². The largest absolute Gasteiger partial charge is 0.484 e. The number of ether oxygens (including phenoxy) is 1. The van der Waals surface area contributed by atoms with Crippen molar-refractivity contribution in [2.24, 2.45) is 0 Å². The Morgan fingerprint density at radius 2 is 1.74 bits per heavy atom. The number of benzene rings is 1. The monoisotopic (exact) mass is 358 g/mol. The van der Waals surface area contributed by atoms with E-state index in [1.807, 2.05) is 0 Å². The van der Waals surface area contributed by atoms with Gasteiger partial charge in [-0.25, -0.2) is 8.42 Å². The van der Waals surface area contributed by atoms with E-state index in [4.69, 9.17) is 16.3 Å². The first-order chi connectivity index (χ1) is 11.0. The molecule has 23 heavy (non-hydrogen) atoms. The topological polar surface area (TPSA) is 66.9 Å². The number of piperazine rings is 1. The van der Waals surface area contributed by atoms with Gasteiger partial charge in [0.15, 0.2) is 6.61 Å². The number of sulfonamides is 1. The van der Waals surface area contributed by atoms with Crippen molar-refractivity contribution in [1.82, 2.24) is 9.21 Å². The van der Waals surface area contributed by atoms with Crippen molar-refractivity contribution < 1.29 is 17.9 Å². The molecule has 0 N–H and O–H groups in total. The maximum Gasteiger partial charge on any atom is 0.260 e. The van der Waals surface area contributed by atoms with Crippen LogP contribution in [0.15, 0.2) is 24.3 Å². The molecule has 126 valence electrons. The number of carbonyl (C=O) groups excluding carboxylic acids is 1. The minimum atomic E-state index is -3.15. The van der Waals surface area contributed by atoms with E-state index in [9.17, 15) is 13.2 Å². The van der Waals surface area contributed by atoms with Crippen molar-refractivity contribution >= 4 is 27.5 Å². The fourth-order valence-corrected chi connectivity index (χ4v) is 4.49. The molecular weight excluding hydrogens is 340 g/mol. The number of amides is 1. The van der Waals surface area contributed by atoms with Gasteiger partial charge in [-0.05, 0) is 37.1 Å². The second-order valence-electron chi connectivity index (χ2n) is 5.77. The molecule has 1 aromatic rings. The lowest BCUT2D eigenvalue weighted by Gasteiger charge is -2.34. The molecule has 8 heteroatoms. The van der Waals surface area contributed by atoms with E-state index in [1.54, 1.807) is 29.2 Å². The lowest BCUT2D eigenvalue weighted by molar-refractivity contribution is -0.134. The van der Waals surface area contributed by atoms with Gasteiger partial charge in [0.2, 0.25) is 10.0 Å². The summed E-state index contributed by atoms with van der Waals surface area (Å²) in [6.07, 6.45) is 1.52. The fourth-order valence-electron chi connectivity index (χ4n) is 2.54. The van der Waals surface area contributed by atoms with E-state index in [2.05, 4.69) is 0 Å². The minimum absolute atomic E-state index is 0.0585. The van der Waals surface area contributed by atoms with Gasteiger partial charge in [0.25, 0.3) is 5.91 Å². The average molecular weight is 359 g/mol. The van der Waals surface area contributed by atoms with Crippen LogP contribution in [0.3, 0.4) is 0 Å². The first-order valence-corrected chi connectivity index (χ1v) is 9.50. The van der Waals surface area contributed by atoms with Gasteiger partial charge in [-0.3, -0.25) is 4.79 Å². The van der Waals surface area contributed by atoms with Crippen LogP contribution in [0.1, 0.15) is 12.8 Å². The third-order valence-corrected chi connectivity index (χ3v) is 6.72. The van der Waals surface area contributed by atoms with Crippen LogP contribution in [0.4, 0.5) is 0 Å². The first kappa shape index (κ1) is 16.5. The smallest absolute Gasteiger partial charge is 0.260 e. The Kier molecular flexibility index (Phi) is 4.79. The highest BCUT2D eigenvalue weighted by atomic mass is 35.5. The zero-order chi connectivity index (χ0) is 16.4. The number of rotatable bonds is 5. The molecule has 2 fully saturated rings. The van der Waals surface area contributed by atoms with E-state index in [0.29, 0.717) is 37.0 Å². The Hall–Kier alpha value is -1.31. The predicted octanol–water partition coefficient (Wildman–Crippen LogP) is 1.36. The summed E-state index contributed by atoms with van der Waals surface area (Å²) in [5, 5.41) is 0.412. The number of nitrogens with zero attached hydrogens (tertiary/aromatic N) is 2. The molecule has 1 aliphatic carbocycles. The van der Waals surface area contributed by atoms with Crippen molar-refractivity contribution in [1.29, 1.82) is 0 Å². The van der Waals surface area contributed by atoms with Gasteiger partial charge in [-0.2, -0.15) is 4.31 Å². The van der Waals surface area contributed by atoms with E-state index in [0.717, 1.165) is 12.8 Å². The summed E-state index contributed by atoms with van der Waals surface area (Å²) in [5.41, 5.74) is 0. The Morgan fingerprint density at radius 3 is 2.30 bits per heavy atom.